The first-order valence-corrected chi connectivity index (χ1v) is 6.35. The van der Waals surface area contributed by atoms with E-state index in [9.17, 15) is 9.18 Å². The van der Waals surface area contributed by atoms with Crippen molar-refractivity contribution < 1.29 is 23.4 Å². The van der Waals surface area contributed by atoms with Crippen LogP contribution in [0.1, 0.15) is 12.0 Å². The van der Waals surface area contributed by atoms with Crippen molar-refractivity contribution in [1.29, 1.82) is 0 Å². The van der Waals surface area contributed by atoms with Crippen molar-refractivity contribution in [3.8, 4) is 5.75 Å². The molecule has 0 spiro atoms. The first kappa shape index (κ1) is 16.4. The minimum atomic E-state index is -0.444. The minimum absolute atomic E-state index is 0.0923. The summed E-state index contributed by atoms with van der Waals surface area (Å²) < 4.78 is 28.3. The van der Waals surface area contributed by atoms with Gasteiger partial charge in [-0.25, -0.2) is 4.39 Å². The fourth-order valence-corrected chi connectivity index (χ4v) is 1.52. The Kier molecular flexibility index (Phi) is 7.60. The second-order valence-corrected chi connectivity index (χ2v) is 4.11. The number of hydrogen-bond acceptors (Lipinski definition) is 5. The molecule has 0 aliphatic carbocycles. The lowest BCUT2D eigenvalue weighted by Gasteiger charge is -2.09. The highest BCUT2D eigenvalue weighted by Gasteiger charge is 2.06. The van der Waals surface area contributed by atoms with Gasteiger partial charge in [0.1, 0.15) is 0 Å². The highest BCUT2D eigenvalue weighted by Crippen LogP contribution is 2.18. The van der Waals surface area contributed by atoms with E-state index >= 15 is 0 Å². The van der Waals surface area contributed by atoms with Crippen LogP contribution < -0.4 is 10.1 Å². The van der Waals surface area contributed by atoms with Gasteiger partial charge in [0.25, 0.3) is 0 Å². The maximum Gasteiger partial charge on any atom is 0.308 e. The standard InChI is InChI=1S/C14H20FNO4/c1-18-8-6-16-10-11-3-4-13(12(15)9-11)20-7-5-14(17)19-2/h3-4,9,16H,5-8,10H2,1-2H3. The highest BCUT2D eigenvalue weighted by atomic mass is 19.1. The molecule has 1 aromatic carbocycles. The summed E-state index contributed by atoms with van der Waals surface area (Å²) >= 11 is 0. The first-order chi connectivity index (χ1) is 9.67. The van der Waals surface area contributed by atoms with Gasteiger partial charge in [-0.3, -0.25) is 4.79 Å². The van der Waals surface area contributed by atoms with Crippen molar-refractivity contribution in [2.45, 2.75) is 13.0 Å². The molecule has 1 N–H and O–H groups in total. The summed E-state index contributed by atoms with van der Waals surface area (Å²) in [5, 5.41) is 3.12. The Bertz CT molecular complexity index is 426. The summed E-state index contributed by atoms with van der Waals surface area (Å²) in [5.74, 6) is -0.695. The van der Waals surface area contributed by atoms with E-state index in [0.29, 0.717) is 19.7 Å². The summed E-state index contributed by atoms with van der Waals surface area (Å²) in [6.07, 6.45) is 0.0935. The van der Waals surface area contributed by atoms with E-state index in [0.717, 1.165) is 5.56 Å². The van der Waals surface area contributed by atoms with Crippen LogP contribution in [0.4, 0.5) is 4.39 Å². The average Bonchev–Trinajstić information content (AvgIpc) is 2.45. The second-order valence-electron chi connectivity index (χ2n) is 4.11. The lowest BCUT2D eigenvalue weighted by atomic mass is 10.2. The number of methoxy groups -OCH3 is 2. The monoisotopic (exact) mass is 285 g/mol. The van der Waals surface area contributed by atoms with Gasteiger partial charge in [-0.15, -0.1) is 0 Å². The summed E-state index contributed by atoms with van der Waals surface area (Å²) in [6.45, 7) is 1.96. The van der Waals surface area contributed by atoms with Crippen molar-refractivity contribution in [2.75, 3.05) is 34.0 Å². The molecule has 1 rings (SSSR count). The lowest BCUT2D eigenvalue weighted by molar-refractivity contribution is -0.141. The van der Waals surface area contributed by atoms with Gasteiger partial charge < -0.3 is 19.5 Å². The topological polar surface area (TPSA) is 56.8 Å². The van der Waals surface area contributed by atoms with E-state index < -0.39 is 5.82 Å². The molecule has 0 aromatic heterocycles. The van der Waals surface area contributed by atoms with Crippen molar-refractivity contribution in [3.63, 3.8) is 0 Å². The molecule has 112 valence electrons. The fraction of sp³-hybridized carbons (Fsp3) is 0.500. The molecule has 0 radical (unpaired) electrons. The number of nitrogens with one attached hydrogen (secondary N) is 1. The number of carbonyl (C=O) groups excluding carboxylic acids is 1. The number of halogens is 1. The van der Waals surface area contributed by atoms with Crippen LogP contribution in [0.3, 0.4) is 0 Å². The van der Waals surface area contributed by atoms with E-state index in [-0.39, 0.29) is 24.7 Å². The van der Waals surface area contributed by atoms with Crippen LogP contribution in [0.5, 0.6) is 5.75 Å². The smallest absolute Gasteiger partial charge is 0.308 e. The predicted octanol–water partition coefficient (Wildman–Crippen LogP) is 1.50. The Hall–Kier alpha value is -1.66. The molecule has 20 heavy (non-hydrogen) atoms. The van der Waals surface area contributed by atoms with Crippen molar-refractivity contribution in [2.24, 2.45) is 0 Å². The molecule has 1 aromatic rings. The molecule has 5 nitrogen and oxygen atoms in total. The van der Waals surface area contributed by atoms with Crippen molar-refractivity contribution >= 4 is 5.97 Å². The maximum absolute atomic E-state index is 13.7. The zero-order valence-corrected chi connectivity index (χ0v) is 11.8. The van der Waals surface area contributed by atoms with Crippen LogP contribution in [-0.2, 0) is 20.8 Å². The zero-order chi connectivity index (χ0) is 14.8. The lowest BCUT2D eigenvalue weighted by Crippen LogP contribution is -2.18. The summed E-state index contributed by atoms with van der Waals surface area (Å²) in [6, 6.07) is 4.74. The third kappa shape index (κ3) is 5.99. The first-order valence-electron chi connectivity index (χ1n) is 6.35. The highest BCUT2D eigenvalue weighted by molar-refractivity contribution is 5.69. The van der Waals surface area contributed by atoms with Gasteiger partial charge in [0, 0.05) is 20.2 Å². The number of esters is 1. The Morgan fingerprint density at radius 2 is 2.10 bits per heavy atom. The molecule has 0 atom stereocenters. The van der Waals surface area contributed by atoms with Gasteiger partial charge in [-0.1, -0.05) is 6.07 Å². The predicted molar refractivity (Wildman–Crippen MR) is 72.1 cm³/mol. The average molecular weight is 285 g/mol. The normalized spacial score (nSPS) is 10.3. The van der Waals surface area contributed by atoms with Crippen LogP contribution in [0.25, 0.3) is 0 Å². The molecular formula is C14H20FNO4. The quantitative estimate of drug-likeness (QED) is 0.550. The van der Waals surface area contributed by atoms with Gasteiger partial charge in [0.15, 0.2) is 11.6 Å². The van der Waals surface area contributed by atoms with E-state index in [1.807, 2.05) is 0 Å². The van der Waals surface area contributed by atoms with Gasteiger partial charge in [0.05, 0.1) is 26.7 Å². The molecule has 0 saturated carbocycles. The fourth-order valence-electron chi connectivity index (χ4n) is 1.52. The third-order valence-corrected chi connectivity index (χ3v) is 2.60. The number of rotatable bonds is 9. The molecule has 6 heteroatoms. The van der Waals surface area contributed by atoms with Crippen LogP contribution in [-0.4, -0.2) is 39.9 Å². The number of ether oxygens (including phenoxy) is 3. The van der Waals surface area contributed by atoms with E-state index in [4.69, 9.17) is 9.47 Å². The largest absolute Gasteiger partial charge is 0.490 e. The third-order valence-electron chi connectivity index (χ3n) is 2.60. The molecule has 0 aliphatic heterocycles. The Labute approximate surface area is 118 Å². The van der Waals surface area contributed by atoms with E-state index in [1.165, 1.54) is 13.2 Å². The van der Waals surface area contributed by atoms with Gasteiger partial charge in [0.2, 0.25) is 0 Å². The summed E-state index contributed by atoms with van der Waals surface area (Å²) in [7, 11) is 2.93. The van der Waals surface area contributed by atoms with Crippen molar-refractivity contribution in [1.82, 2.24) is 5.32 Å². The Morgan fingerprint density at radius 3 is 2.75 bits per heavy atom. The zero-order valence-electron chi connectivity index (χ0n) is 11.8. The molecule has 0 fully saturated rings. The van der Waals surface area contributed by atoms with Crippen LogP contribution in [0, 0.1) is 5.82 Å². The van der Waals surface area contributed by atoms with Gasteiger partial charge in [-0.05, 0) is 17.7 Å². The molecular weight excluding hydrogens is 265 g/mol. The Morgan fingerprint density at radius 1 is 1.30 bits per heavy atom. The molecule has 0 amide bonds. The van der Waals surface area contributed by atoms with E-state index in [1.54, 1.807) is 19.2 Å². The molecule has 0 aliphatic rings. The van der Waals surface area contributed by atoms with Crippen LogP contribution in [0.2, 0.25) is 0 Å². The molecule has 0 heterocycles. The molecule has 0 unspecified atom stereocenters. The Balaban J connectivity index is 2.40. The molecule has 0 bridgehead atoms. The number of carbonyl (C=O) groups is 1. The second kappa shape index (κ2) is 9.28. The van der Waals surface area contributed by atoms with Gasteiger partial charge in [-0.2, -0.15) is 0 Å². The summed E-state index contributed by atoms with van der Waals surface area (Å²) in [5.41, 5.74) is 0.818. The van der Waals surface area contributed by atoms with Gasteiger partial charge >= 0.3 is 5.97 Å². The van der Waals surface area contributed by atoms with Crippen LogP contribution >= 0.6 is 0 Å². The maximum atomic E-state index is 13.7. The SMILES string of the molecule is COCCNCc1ccc(OCCC(=O)OC)c(F)c1. The number of hydrogen-bond donors (Lipinski definition) is 1. The van der Waals surface area contributed by atoms with Crippen LogP contribution in [0.15, 0.2) is 18.2 Å². The molecule has 0 saturated heterocycles. The minimum Gasteiger partial charge on any atom is -0.490 e. The number of benzene rings is 1. The van der Waals surface area contributed by atoms with Crippen molar-refractivity contribution in [3.05, 3.63) is 29.6 Å². The van der Waals surface area contributed by atoms with E-state index in [2.05, 4.69) is 10.1 Å². The summed E-state index contributed by atoms with van der Waals surface area (Å²) in [4.78, 5) is 10.9.